The number of hydrogen-bond donors (Lipinski definition) is 0. The van der Waals surface area contributed by atoms with Gasteiger partial charge in [-0.1, -0.05) is 18.2 Å². The van der Waals surface area contributed by atoms with Crippen LogP contribution in [0, 0.1) is 5.82 Å². The summed E-state index contributed by atoms with van der Waals surface area (Å²) in [6, 6.07) is 14.0. The Morgan fingerprint density at radius 3 is 2.54 bits per heavy atom. The van der Waals surface area contributed by atoms with Crippen molar-refractivity contribution < 1.29 is 13.9 Å². The first-order valence-electron chi connectivity index (χ1n) is 8.98. The molecule has 0 radical (unpaired) electrons. The summed E-state index contributed by atoms with van der Waals surface area (Å²) in [5.41, 5.74) is 0.859. The zero-order valence-corrected chi connectivity index (χ0v) is 15.9. The maximum Gasteiger partial charge on any atom is 0.260 e. The summed E-state index contributed by atoms with van der Waals surface area (Å²) >= 11 is 1.63. The van der Waals surface area contributed by atoms with Gasteiger partial charge in [0.05, 0.1) is 4.88 Å². The Morgan fingerprint density at radius 1 is 1.04 bits per heavy atom. The molecule has 0 spiro atoms. The van der Waals surface area contributed by atoms with E-state index >= 15 is 0 Å². The molecule has 1 fully saturated rings. The lowest BCUT2D eigenvalue weighted by Gasteiger charge is -2.35. The molecule has 4 rings (SSSR count). The van der Waals surface area contributed by atoms with Crippen LogP contribution in [0.25, 0.3) is 10.6 Å². The normalized spacial score (nSPS) is 14.2. The van der Waals surface area contributed by atoms with Gasteiger partial charge in [-0.05, 0) is 35.7 Å². The van der Waals surface area contributed by atoms with Gasteiger partial charge in [0.1, 0.15) is 5.69 Å². The fourth-order valence-corrected chi connectivity index (χ4v) is 3.72. The number of carbonyl (C=O) groups is 1. The smallest absolute Gasteiger partial charge is 0.260 e. The van der Waals surface area contributed by atoms with Crippen LogP contribution < -0.4 is 9.64 Å². The fraction of sp³-hybridized carbons (Fsp3) is 0.250. The van der Waals surface area contributed by atoms with Crippen molar-refractivity contribution >= 4 is 23.1 Å². The van der Waals surface area contributed by atoms with Crippen molar-refractivity contribution in [3.63, 3.8) is 0 Å². The number of benzene rings is 1. The quantitative estimate of drug-likeness (QED) is 0.661. The van der Waals surface area contributed by atoms with E-state index in [-0.39, 0.29) is 18.3 Å². The Bertz CT molecular complexity index is 926. The highest BCUT2D eigenvalue weighted by Crippen LogP contribution is 2.23. The van der Waals surface area contributed by atoms with Gasteiger partial charge in [-0.15, -0.1) is 21.5 Å². The summed E-state index contributed by atoms with van der Waals surface area (Å²) in [6.07, 6.45) is 0. The standard InChI is InChI=1S/C20H19FN4O2S/c21-15-4-1-2-5-17(15)27-14-20(26)25-11-9-24(10-12-25)19-8-7-16(22-23-19)18-6-3-13-28-18/h1-8,13H,9-12,14H2. The number of carbonyl (C=O) groups excluding carboxylic acids is 1. The van der Waals surface area contributed by atoms with Crippen molar-refractivity contribution in [3.8, 4) is 16.3 Å². The fourth-order valence-electron chi connectivity index (χ4n) is 3.03. The second-order valence-electron chi connectivity index (χ2n) is 6.34. The molecular weight excluding hydrogens is 379 g/mol. The minimum Gasteiger partial charge on any atom is -0.481 e. The maximum absolute atomic E-state index is 13.6. The van der Waals surface area contributed by atoms with Gasteiger partial charge in [-0.2, -0.15) is 0 Å². The number of nitrogens with zero attached hydrogens (tertiary/aromatic N) is 4. The zero-order valence-electron chi connectivity index (χ0n) is 15.1. The van der Waals surface area contributed by atoms with Gasteiger partial charge in [0.2, 0.25) is 0 Å². The number of para-hydroxylation sites is 1. The molecule has 28 heavy (non-hydrogen) atoms. The van der Waals surface area contributed by atoms with Gasteiger partial charge in [0, 0.05) is 26.2 Å². The van der Waals surface area contributed by atoms with Gasteiger partial charge in [-0.25, -0.2) is 4.39 Å². The number of aromatic nitrogens is 2. The third kappa shape index (κ3) is 4.12. The van der Waals surface area contributed by atoms with E-state index in [0.29, 0.717) is 26.2 Å². The molecule has 0 atom stereocenters. The lowest BCUT2D eigenvalue weighted by molar-refractivity contribution is -0.133. The van der Waals surface area contributed by atoms with Crippen LogP contribution in [-0.2, 0) is 4.79 Å². The van der Waals surface area contributed by atoms with Gasteiger partial charge in [0.15, 0.2) is 24.0 Å². The summed E-state index contributed by atoms with van der Waals surface area (Å²) in [6.45, 7) is 2.29. The van der Waals surface area contributed by atoms with E-state index in [1.165, 1.54) is 12.1 Å². The molecule has 1 aliphatic heterocycles. The number of halogens is 1. The molecule has 0 bridgehead atoms. The third-order valence-corrected chi connectivity index (χ3v) is 5.46. The number of rotatable bonds is 5. The van der Waals surface area contributed by atoms with Crippen LogP contribution in [0.15, 0.2) is 53.9 Å². The van der Waals surface area contributed by atoms with Crippen LogP contribution in [0.4, 0.5) is 10.2 Å². The van der Waals surface area contributed by atoms with Crippen LogP contribution in [0.5, 0.6) is 5.75 Å². The van der Waals surface area contributed by atoms with E-state index in [4.69, 9.17) is 4.74 Å². The molecule has 0 unspecified atom stereocenters. The van der Waals surface area contributed by atoms with Gasteiger partial charge >= 0.3 is 0 Å². The predicted molar refractivity (Wildman–Crippen MR) is 106 cm³/mol. The van der Waals surface area contributed by atoms with Crippen LogP contribution >= 0.6 is 11.3 Å². The van der Waals surface area contributed by atoms with Crippen molar-refractivity contribution in [3.05, 3.63) is 59.7 Å². The van der Waals surface area contributed by atoms with Crippen molar-refractivity contribution in [2.75, 3.05) is 37.7 Å². The van der Waals surface area contributed by atoms with Crippen LogP contribution in [0.3, 0.4) is 0 Å². The number of anilines is 1. The highest BCUT2D eigenvalue weighted by Gasteiger charge is 2.22. The molecular formula is C20H19FN4O2S. The maximum atomic E-state index is 13.6. The molecule has 1 aromatic carbocycles. The van der Waals surface area contributed by atoms with E-state index in [2.05, 4.69) is 15.1 Å². The van der Waals surface area contributed by atoms with Crippen LogP contribution in [0.2, 0.25) is 0 Å². The van der Waals surface area contributed by atoms with E-state index in [1.807, 2.05) is 29.6 Å². The molecule has 3 heterocycles. The van der Waals surface area contributed by atoms with E-state index in [1.54, 1.807) is 28.4 Å². The number of ether oxygens (including phenoxy) is 1. The van der Waals surface area contributed by atoms with Gasteiger partial charge in [-0.3, -0.25) is 4.79 Å². The van der Waals surface area contributed by atoms with Crippen LogP contribution in [-0.4, -0.2) is 53.8 Å². The van der Waals surface area contributed by atoms with Crippen LogP contribution in [0.1, 0.15) is 0 Å². The summed E-state index contributed by atoms with van der Waals surface area (Å²) in [5, 5.41) is 10.6. The lowest BCUT2D eigenvalue weighted by Crippen LogP contribution is -2.50. The molecule has 0 N–H and O–H groups in total. The van der Waals surface area contributed by atoms with Gasteiger partial charge in [0.25, 0.3) is 5.91 Å². The lowest BCUT2D eigenvalue weighted by atomic mass is 10.3. The predicted octanol–water partition coefficient (Wildman–Crippen LogP) is 3.07. The average Bonchev–Trinajstić information content (AvgIpc) is 3.28. The SMILES string of the molecule is O=C(COc1ccccc1F)N1CCN(c2ccc(-c3cccs3)nn2)CC1. The minimum atomic E-state index is -0.468. The van der Waals surface area contributed by atoms with E-state index in [0.717, 1.165) is 16.4 Å². The first-order chi connectivity index (χ1) is 13.7. The Morgan fingerprint density at radius 2 is 1.86 bits per heavy atom. The molecule has 6 nitrogen and oxygen atoms in total. The number of amides is 1. The van der Waals surface area contributed by atoms with E-state index in [9.17, 15) is 9.18 Å². The summed E-state index contributed by atoms with van der Waals surface area (Å²) in [7, 11) is 0. The second-order valence-corrected chi connectivity index (χ2v) is 7.29. The van der Waals surface area contributed by atoms with E-state index < -0.39 is 5.82 Å². The summed E-state index contributed by atoms with van der Waals surface area (Å²) in [4.78, 5) is 17.3. The van der Waals surface area contributed by atoms with Gasteiger partial charge < -0.3 is 14.5 Å². The summed E-state index contributed by atoms with van der Waals surface area (Å²) < 4.78 is 18.9. The Hall–Kier alpha value is -3.00. The molecule has 3 aromatic rings. The topological polar surface area (TPSA) is 58.6 Å². The highest BCUT2D eigenvalue weighted by molar-refractivity contribution is 7.13. The molecule has 0 aliphatic carbocycles. The Labute approximate surface area is 166 Å². The van der Waals surface area contributed by atoms with Crippen molar-refractivity contribution in [2.24, 2.45) is 0 Å². The average molecular weight is 398 g/mol. The second kappa shape index (κ2) is 8.35. The monoisotopic (exact) mass is 398 g/mol. The zero-order chi connectivity index (χ0) is 19.3. The first kappa shape index (κ1) is 18.4. The molecule has 0 saturated carbocycles. The largest absolute Gasteiger partial charge is 0.481 e. The van der Waals surface area contributed by atoms with Crippen molar-refractivity contribution in [1.82, 2.24) is 15.1 Å². The van der Waals surface area contributed by atoms with Crippen molar-refractivity contribution in [1.29, 1.82) is 0 Å². The molecule has 1 amide bonds. The number of hydrogen-bond acceptors (Lipinski definition) is 6. The molecule has 1 aliphatic rings. The summed E-state index contributed by atoms with van der Waals surface area (Å²) in [5.74, 6) is 0.275. The molecule has 144 valence electrons. The highest BCUT2D eigenvalue weighted by atomic mass is 32.1. The minimum absolute atomic E-state index is 0.0931. The molecule has 2 aromatic heterocycles. The molecule has 8 heteroatoms. The Balaban J connectivity index is 1.29. The first-order valence-corrected chi connectivity index (χ1v) is 9.86. The van der Waals surface area contributed by atoms with Crippen molar-refractivity contribution in [2.45, 2.75) is 0 Å². The third-order valence-electron chi connectivity index (χ3n) is 4.57. The number of thiophene rings is 1. The molecule has 1 saturated heterocycles. The number of piperazine rings is 1. The Kier molecular flexibility index (Phi) is 5.48.